The Labute approximate surface area is 122 Å². The van der Waals surface area contributed by atoms with Gasteiger partial charge in [0.1, 0.15) is 0 Å². The monoisotopic (exact) mass is 285 g/mol. The predicted octanol–water partition coefficient (Wildman–Crippen LogP) is 2.75. The Balaban J connectivity index is 2.36. The lowest BCUT2D eigenvalue weighted by Gasteiger charge is -2.05. The number of benzene rings is 2. The van der Waals surface area contributed by atoms with Crippen LogP contribution in [0.5, 0.6) is 0 Å². The van der Waals surface area contributed by atoms with Gasteiger partial charge in [0.25, 0.3) is 5.69 Å². The number of carbonyl (C=O) groups excluding carboxylic acids is 1. The molecule has 0 aromatic heterocycles. The Hall–Kier alpha value is -2.53. The largest absolute Gasteiger partial charge is 0.396 e. The highest BCUT2D eigenvalue weighted by molar-refractivity contribution is 6.09. The molecule has 0 saturated carbocycles. The van der Waals surface area contributed by atoms with E-state index in [-0.39, 0.29) is 18.1 Å². The highest BCUT2D eigenvalue weighted by atomic mass is 16.6. The SMILES string of the molecule is O=C(c1ccccc1)c1ccc(CCCO)c([N+](=O)[O-])c1. The molecule has 0 aliphatic carbocycles. The second-order valence-electron chi connectivity index (χ2n) is 4.62. The summed E-state index contributed by atoms with van der Waals surface area (Å²) in [6.07, 6.45) is 0.861. The van der Waals surface area contributed by atoms with Gasteiger partial charge < -0.3 is 5.11 Å². The van der Waals surface area contributed by atoms with Crippen molar-refractivity contribution in [3.63, 3.8) is 0 Å². The van der Waals surface area contributed by atoms with Crippen LogP contribution in [-0.2, 0) is 6.42 Å². The van der Waals surface area contributed by atoms with Gasteiger partial charge in [-0.3, -0.25) is 14.9 Å². The predicted molar refractivity (Wildman–Crippen MR) is 78.4 cm³/mol. The Bertz CT molecular complexity index is 653. The minimum Gasteiger partial charge on any atom is -0.396 e. The lowest BCUT2D eigenvalue weighted by molar-refractivity contribution is -0.385. The van der Waals surface area contributed by atoms with Crippen LogP contribution in [0.15, 0.2) is 48.5 Å². The van der Waals surface area contributed by atoms with E-state index in [4.69, 9.17) is 5.11 Å². The minimum atomic E-state index is -0.492. The van der Waals surface area contributed by atoms with E-state index in [1.807, 2.05) is 0 Å². The van der Waals surface area contributed by atoms with E-state index in [1.165, 1.54) is 6.07 Å². The van der Waals surface area contributed by atoms with Gasteiger partial charge in [0.05, 0.1) is 4.92 Å². The zero-order valence-corrected chi connectivity index (χ0v) is 11.4. The molecule has 2 aromatic carbocycles. The fourth-order valence-corrected chi connectivity index (χ4v) is 2.11. The fourth-order valence-electron chi connectivity index (χ4n) is 2.11. The number of nitro benzene ring substituents is 1. The Kier molecular flexibility index (Phi) is 4.79. The average Bonchev–Trinajstić information content (AvgIpc) is 2.52. The third kappa shape index (κ3) is 3.52. The Morgan fingerprint density at radius 2 is 1.81 bits per heavy atom. The molecule has 108 valence electrons. The summed E-state index contributed by atoms with van der Waals surface area (Å²) in [6.45, 7) is -0.0259. The van der Waals surface area contributed by atoms with Crippen LogP contribution in [0.4, 0.5) is 5.69 Å². The van der Waals surface area contributed by atoms with Crippen molar-refractivity contribution in [2.45, 2.75) is 12.8 Å². The number of rotatable bonds is 6. The van der Waals surface area contributed by atoms with E-state index in [0.29, 0.717) is 29.5 Å². The Morgan fingerprint density at radius 3 is 2.43 bits per heavy atom. The van der Waals surface area contributed by atoms with Crippen LogP contribution in [0, 0.1) is 10.1 Å². The molecule has 0 amide bonds. The van der Waals surface area contributed by atoms with Crippen LogP contribution in [0.3, 0.4) is 0 Å². The molecule has 5 heteroatoms. The van der Waals surface area contributed by atoms with E-state index in [0.717, 1.165) is 0 Å². The molecule has 5 nitrogen and oxygen atoms in total. The van der Waals surface area contributed by atoms with Gasteiger partial charge >= 0.3 is 0 Å². The molecule has 0 heterocycles. The zero-order valence-electron chi connectivity index (χ0n) is 11.4. The maximum absolute atomic E-state index is 12.3. The van der Waals surface area contributed by atoms with Crippen LogP contribution in [0.2, 0.25) is 0 Å². The van der Waals surface area contributed by atoms with E-state index in [9.17, 15) is 14.9 Å². The molecule has 2 rings (SSSR count). The molecule has 0 atom stereocenters. The number of aliphatic hydroxyl groups excluding tert-OH is 1. The van der Waals surface area contributed by atoms with Gasteiger partial charge in [-0.15, -0.1) is 0 Å². The average molecular weight is 285 g/mol. The Morgan fingerprint density at radius 1 is 1.10 bits per heavy atom. The van der Waals surface area contributed by atoms with E-state index < -0.39 is 4.92 Å². The van der Waals surface area contributed by atoms with Crippen LogP contribution in [0.25, 0.3) is 0 Å². The van der Waals surface area contributed by atoms with Gasteiger partial charge in [0.15, 0.2) is 5.78 Å². The lowest BCUT2D eigenvalue weighted by Crippen LogP contribution is -2.04. The summed E-state index contributed by atoms with van der Waals surface area (Å²) in [5.41, 5.74) is 1.24. The third-order valence-electron chi connectivity index (χ3n) is 3.18. The van der Waals surface area contributed by atoms with Gasteiger partial charge in [-0.05, 0) is 12.8 Å². The number of nitro groups is 1. The van der Waals surface area contributed by atoms with Crippen LogP contribution in [0.1, 0.15) is 27.9 Å². The van der Waals surface area contributed by atoms with Crippen molar-refractivity contribution in [1.29, 1.82) is 0 Å². The van der Waals surface area contributed by atoms with Gasteiger partial charge in [0, 0.05) is 29.4 Å². The number of carbonyl (C=O) groups is 1. The summed E-state index contributed by atoms with van der Waals surface area (Å²) in [5, 5.41) is 20.0. The van der Waals surface area contributed by atoms with Crippen molar-refractivity contribution < 1.29 is 14.8 Å². The first-order chi connectivity index (χ1) is 10.1. The van der Waals surface area contributed by atoms with E-state index in [1.54, 1.807) is 42.5 Å². The highest BCUT2D eigenvalue weighted by Crippen LogP contribution is 2.23. The van der Waals surface area contributed by atoms with Crippen LogP contribution >= 0.6 is 0 Å². The van der Waals surface area contributed by atoms with Crippen LogP contribution < -0.4 is 0 Å². The van der Waals surface area contributed by atoms with Gasteiger partial charge in [-0.2, -0.15) is 0 Å². The van der Waals surface area contributed by atoms with Crippen molar-refractivity contribution in [1.82, 2.24) is 0 Å². The first kappa shape index (κ1) is 14.9. The summed E-state index contributed by atoms with van der Waals surface area (Å²) in [7, 11) is 0. The molecule has 0 bridgehead atoms. The topological polar surface area (TPSA) is 80.4 Å². The number of hydrogen-bond donors (Lipinski definition) is 1. The molecule has 0 aliphatic heterocycles. The van der Waals surface area contributed by atoms with Crippen molar-refractivity contribution >= 4 is 11.5 Å². The summed E-state index contributed by atoms with van der Waals surface area (Å²) >= 11 is 0. The first-order valence-electron chi connectivity index (χ1n) is 6.61. The number of aryl methyl sites for hydroxylation is 1. The van der Waals surface area contributed by atoms with Gasteiger partial charge in [0.2, 0.25) is 0 Å². The molecular formula is C16H15NO4. The molecule has 0 unspecified atom stereocenters. The quantitative estimate of drug-likeness (QED) is 0.502. The van der Waals surface area contributed by atoms with Crippen molar-refractivity contribution in [2.75, 3.05) is 6.61 Å². The summed E-state index contributed by atoms with van der Waals surface area (Å²) in [6, 6.07) is 13.1. The zero-order chi connectivity index (χ0) is 15.2. The summed E-state index contributed by atoms with van der Waals surface area (Å²) in [4.78, 5) is 22.9. The van der Waals surface area contributed by atoms with E-state index >= 15 is 0 Å². The van der Waals surface area contributed by atoms with Gasteiger partial charge in [-0.25, -0.2) is 0 Å². The molecule has 0 radical (unpaired) electrons. The molecule has 0 aliphatic rings. The molecule has 2 aromatic rings. The van der Waals surface area contributed by atoms with E-state index in [2.05, 4.69) is 0 Å². The van der Waals surface area contributed by atoms with Gasteiger partial charge in [-0.1, -0.05) is 42.5 Å². The molecule has 0 saturated heterocycles. The number of ketones is 1. The fraction of sp³-hybridized carbons (Fsp3) is 0.188. The first-order valence-corrected chi connectivity index (χ1v) is 6.61. The van der Waals surface area contributed by atoms with Crippen molar-refractivity contribution in [2.24, 2.45) is 0 Å². The second kappa shape index (κ2) is 6.76. The molecule has 21 heavy (non-hydrogen) atoms. The number of aliphatic hydroxyl groups is 1. The smallest absolute Gasteiger partial charge is 0.273 e. The molecule has 1 N–H and O–H groups in total. The van der Waals surface area contributed by atoms with Crippen molar-refractivity contribution in [3.8, 4) is 0 Å². The summed E-state index contributed by atoms with van der Waals surface area (Å²) in [5.74, 6) is -0.243. The molecule has 0 spiro atoms. The van der Waals surface area contributed by atoms with Crippen molar-refractivity contribution in [3.05, 3.63) is 75.3 Å². The normalized spacial score (nSPS) is 10.3. The lowest BCUT2D eigenvalue weighted by atomic mass is 9.99. The standard InChI is InChI=1S/C16H15NO4/c18-10-4-7-12-8-9-14(11-15(12)17(20)21)16(19)13-5-2-1-3-6-13/h1-3,5-6,8-9,11,18H,4,7,10H2. The third-order valence-corrected chi connectivity index (χ3v) is 3.18. The highest BCUT2D eigenvalue weighted by Gasteiger charge is 2.17. The number of hydrogen-bond acceptors (Lipinski definition) is 4. The molecular weight excluding hydrogens is 270 g/mol. The maximum atomic E-state index is 12.3. The van der Waals surface area contributed by atoms with Crippen LogP contribution in [-0.4, -0.2) is 22.4 Å². The second-order valence-corrected chi connectivity index (χ2v) is 4.62. The summed E-state index contributed by atoms with van der Waals surface area (Å²) < 4.78 is 0. The molecule has 0 fully saturated rings. The minimum absolute atomic E-state index is 0.0259. The number of nitrogens with zero attached hydrogens (tertiary/aromatic N) is 1. The maximum Gasteiger partial charge on any atom is 0.273 e.